The van der Waals surface area contributed by atoms with Gasteiger partial charge in [0, 0.05) is 25.8 Å². The Morgan fingerprint density at radius 2 is 1.64 bits per heavy atom. The highest BCUT2D eigenvalue weighted by atomic mass is 19.1. The highest BCUT2D eigenvalue weighted by Crippen LogP contribution is 2.25. The number of amides is 1. The van der Waals surface area contributed by atoms with E-state index in [-0.39, 0.29) is 30.0 Å². The van der Waals surface area contributed by atoms with Crippen molar-refractivity contribution in [2.75, 3.05) is 33.8 Å². The first-order valence-corrected chi connectivity index (χ1v) is 12.9. The largest absolute Gasteiger partial charge is 0.378 e. The summed E-state index contributed by atoms with van der Waals surface area (Å²) in [4.78, 5) is 16.7. The van der Waals surface area contributed by atoms with Crippen molar-refractivity contribution in [3.8, 4) is 0 Å². The van der Waals surface area contributed by atoms with Crippen molar-refractivity contribution < 1.29 is 18.3 Å². The second-order valence-electron chi connectivity index (χ2n) is 9.64. The molecule has 4 nitrogen and oxygen atoms in total. The summed E-state index contributed by atoms with van der Waals surface area (Å²) >= 11 is 0. The predicted molar refractivity (Wildman–Crippen MR) is 130 cm³/mol. The molecule has 1 fully saturated rings. The van der Waals surface area contributed by atoms with E-state index >= 15 is 0 Å². The first kappa shape index (κ1) is 27.7. The minimum atomic E-state index is -0.659. The molecule has 0 heterocycles. The van der Waals surface area contributed by atoms with Crippen LogP contribution in [0.25, 0.3) is 0 Å². The molecule has 33 heavy (non-hydrogen) atoms. The van der Waals surface area contributed by atoms with Gasteiger partial charge in [0.25, 0.3) is 0 Å². The number of halogens is 2. The Balaban J connectivity index is 1.54. The number of likely N-dealkylation sites (N-methyl/N-ethyl adjacent to an activating group) is 1. The molecule has 1 saturated carbocycles. The van der Waals surface area contributed by atoms with Gasteiger partial charge in [-0.1, -0.05) is 38.7 Å². The van der Waals surface area contributed by atoms with E-state index < -0.39 is 11.6 Å². The molecule has 0 aromatic heterocycles. The molecule has 0 radical (unpaired) electrons. The summed E-state index contributed by atoms with van der Waals surface area (Å²) < 4.78 is 33.0. The lowest BCUT2D eigenvalue weighted by Crippen LogP contribution is -2.41. The number of ether oxygens (including phenoxy) is 1. The first-order valence-electron chi connectivity index (χ1n) is 12.9. The molecule has 0 bridgehead atoms. The second kappa shape index (κ2) is 15.4. The van der Waals surface area contributed by atoms with Gasteiger partial charge < -0.3 is 14.5 Å². The van der Waals surface area contributed by atoms with Crippen LogP contribution in [0.1, 0.15) is 83.1 Å². The molecule has 0 saturated heterocycles. The Morgan fingerprint density at radius 3 is 2.30 bits per heavy atom. The molecule has 1 aromatic rings. The number of nitrogens with zero attached hydrogens (tertiary/aromatic N) is 2. The Morgan fingerprint density at radius 1 is 0.970 bits per heavy atom. The fourth-order valence-corrected chi connectivity index (χ4v) is 4.59. The molecule has 6 heteroatoms. The summed E-state index contributed by atoms with van der Waals surface area (Å²) in [5.74, 6) is -1.41. The van der Waals surface area contributed by atoms with Crippen molar-refractivity contribution in [3.63, 3.8) is 0 Å². The van der Waals surface area contributed by atoms with Gasteiger partial charge in [0.05, 0.1) is 12.5 Å². The van der Waals surface area contributed by atoms with Gasteiger partial charge in [0.1, 0.15) is 11.6 Å². The highest BCUT2D eigenvalue weighted by molar-refractivity contribution is 5.78. The van der Waals surface area contributed by atoms with Crippen LogP contribution in [-0.4, -0.2) is 61.6 Å². The zero-order valence-electron chi connectivity index (χ0n) is 21.0. The summed E-state index contributed by atoms with van der Waals surface area (Å²) in [7, 11) is 4.01. The zero-order valence-corrected chi connectivity index (χ0v) is 21.0. The fourth-order valence-electron chi connectivity index (χ4n) is 4.59. The minimum absolute atomic E-state index is 0.0342. The third-order valence-electron chi connectivity index (χ3n) is 6.87. The lowest BCUT2D eigenvalue weighted by Gasteiger charge is -2.34. The molecule has 188 valence electrons. The molecule has 1 amide bonds. The molecule has 0 unspecified atom stereocenters. The fraction of sp³-hybridized carbons (Fsp3) is 0.741. The average molecular weight is 467 g/mol. The highest BCUT2D eigenvalue weighted by Gasteiger charge is 2.27. The topological polar surface area (TPSA) is 32.8 Å². The third kappa shape index (κ3) is 10.5. The van der Waals surface area contributed by atoms with Gasteiger partial charge >= 0.3 is 0 Å². The van der Waals surface area contributed by atoms with E-state index in [0.717, 1.165) is 44.8 Å². The van der Waals surface area contributed by atoms with Gasteiger partial charge in [-0.3, -0.25) is 4.79 Å². The van der Waals surface area contributed by atoms with E-state index in [0.29, 0.717) is 0 Å². The molecule has 1 aliphatic rings. The molecule has 0 spiro atoms. The maximum absolute atomic E-state index is 13.8. The van der Waals surface area contributed by atoms with Gasteiger partial charge in [-0.05, 0) is 76.7 Å². The number of hydrogen-bond acceptors (Lipinski definition) is 3. The van der Waals surface area contributed by atoms with Crippen molar-refractivity contribution in [3.05, 3.63) is 35.4 Å². The Hall–Kier alpha value is -1.53. The van der Waals surface area contributed by atoms with Crippen LogP contribution < -0.4 is 0 Å². The smallest absolute Gasteiger partial charge is 0.227 e. The molecular formula is C27H44F2N2O2. The zero-order chi connectivity index (χ0) is 24.1. The van der Waals surface area contributed by atoms with E-state index in [2.05, 4.69) is 18.9 Å². The van der Waals surface area contributed by atoms with Gasteiger partial charge in [-0.25, -0.2) is 8.78 Å². The van der Waals surface area contributed by atoms with Crippen molar-refractivity contribution >= 4 is 5.91 Å². The van der Waals surface area contributed by atoms with Crippen molar-refractivity contribution in [1.82, 2.24) is 9.80 Å². The minimum Gasteiger partial charge on any atom is -0.378 e. The van der Waals surface area contributed by atoms with Crippen LogP contribution in [0.3, 0.4) is 0 Å². The van der Waals surface area contributed by atoms with Crippen LogP contribution in [0, 0.1) is 11.6 Å². The predicted octanol–water partition coefficient (Wildman–Crippen LogP) is 5.98. The van der Waals surface area contributed by atoms with E-state index in [1.54, 1.807) is 11.9 Å². The second-order valence-corrected chi connectivity index (χ2v) is 9.64. The summed E-state index contributed by atoms with van der Waals surface area (Å²) in [6.07, 6.45) is 12.7. The third-order valence-corrected chi connectivity index (χ3v) is 6.87. The van der Waals surface area contributed by atoms with Crippen LogP contribution >= 0.6 is 0 Å². The maximum atomic E-state index is 13.8. The van der Waals surface area contributed by atoms with Crippen LogP contribution in [0.5, 0.6) is 0 Å². The van der Waals surface area contributed by atoms with Crippen molar-refractivity contribution in [1.29, 1.82) is 0 Å². The molecule has 0 atom stereocenters. The number of rotatable bonds is 15. The summed E-state index contributed by atoms with van der Waals surface area (Å²) in [6, 6.07) is 3.54. The lowest BCUT2D eigenvalue weighted by molar-refractivity contribution is -0.132. The van der Waals surface area contributed by atoms with Gasteiger partial charge in [-0.2, -0.15) is 0 Å². The molecular weight excluding hydrogens is 422 g/mol. The van der Waals surface area contributed by atoms with Gasteiger partial charge in [0.15, 0.2) is 0 Å². The molecule has 1 aliphatic carbocycles. The number of carbonyl (C=O) groups excluding carboxylic acids is 1. The van der Waals surface area contributed by atoms with E-state index in [9.17, 15) is 13.6 Å². The number of benzene rings is 1. The SMILES string of the molecule is CCCCCN(C)CCCCCCOC1CCC(N(C)C(=O)Cc2ccc(F)cc2F)CC1. The number of hydrogen-bond donors (Lipinski definition) is 0. The quantitative estimate of drug-likeness (QED) is 0.298. The van der Waals surface area contributed by atoms with E-state index in [1.807, 2.05) is 0 Å². The van der Waals surface area contributed by atoms with Crippen LogP contribution in [0.15, 0.2) is 18.2 Å². The molecule has 0 N–H and O–H groups in total. The Kier molecular flexibility index (Phi) is 12.9. The summed E-state index contributed by atoms with van der Waals surface area (Å²) in [6.45, 7) is 5.47. The molecule has 2 rings (SSSR count). The summed E-state index contributed by atoms with van der Waals surface area (Å²) in [5.41, 5.74) is 0.244. The maximum Gasteiger partial charge on any atom is 0.227 e. The number of unbranched alkanes of at least 4 members (excludes halogenated alkanes) is 5. The van der Waals surface area contributed by atoms with Gasteiger partial charge in [0.2, 0.25) is 5.91 Å². The Bertz CT molecular complexity index is 693. The van der Waals surface area contributed by atoms with Gasteiger partial charge in [-0.15, -0.1) is 0 Å². The van der Waals surface area contributed by atoms with E-state index in [1.165, 1.54) is 63.7 Å². The van der Waals surface area contributed by atoms with Crippen LogP contribution in [0.2, 0.25) is 0 Å². The lowest BCUT2D eigenvalue weighted by atomic mass is 9.91. The normalized spacial score (nSPS) is 18.6. The monoisotopic (exact) mass is 466 g/mol. The van der Waals surface area contributed by atoms with Crippen molar-refractivity contribution in [2.45, 2.75) is 96.1 Å². The average Bonchev–Trinajstić information content (AvgIpc) is 2.80. The van der Waals surface area contributed by atoms with E-state index in [4.69, 9.17) is 4.74 Å². The first-order chi connectivity index (χ1) is 15.9. The molecule has 0 aliphatic heterocycles. The Labute approximate surface area is 199 Å². The van der Waals surface area contributed by atoms with Crippen molar-refractivity contribution in [2.24, 2.45) is 0 Å². The van der Waals surface area contributed by atoms with Crippen LogP contribution in [0.4, 0.5) is 8.78 Å². The standard InChI is InChI=1S/C27H44F2N2O2/c1-4-5-8-17-30(2)18-9-6-7-10-19-33-25-15-13-24(14-16-25)31(3)27(32)20-22-11-12-23(28)21-26(22)29/h11-12,21,24-25H,4-10,13-20H2,1-3H3. The summed E-state index contributed by atoms with van der Waals surface area (Å²) in [5, 5.41) is 0. The van der Waals surface area contributed by atoms with Crippen LogP contribution in [-0.2, 0) is 16.0 Å². The molecule has 1 aromatic carbocycles. The number of carbonyl (C=O) groups is 1.